The van der Waals surface area contributed by atoms with Gasteiger partial charge in [0.05, 0.1) is 33.7 Å². The summed E-state index contributed by atoms with van der Waals surface area (Å²) in [5.74, 6) is 0.745. The van der Waals surface area contributed by atoms with Crippen LogP contribution in [0.25, 0.3) is 28.7 Å². The maximum Gasteiger partial charge on any atom is 0.266 e. The molecule has 3 aromatic carbocycles. The van der Waals surface area contributed by atoms with Gasteiger partial charge in [-0.25, -0.2) is 4.98 Å². The number of aromatic nitrogens is 2. The van der Waals surface area contributed by atoms with E-state index in [9.17, 15) is 9.90 Å². The molecule has 0 atom stereocenters. The Morgan fingerprint density at radius 1 is 1.00 bits per heavy atom. The van der Waals surface area contributed by atoms with Crippen LogP contribution < -0.4 is 10.3 Å². The van der Waals surface area contributed by atoms with Crippen molar-refractivity contribution in [3.8, 4) is 17.2 Å². The fourth-order valence-electron chi connectivity index (χ4n) is 3.15. The molecule has 0 spiro atoms. The van der Waals surface area contributed by atoms with Crippen LogP contribution in [0.1, 0.15) is 11.4 Å². The van der Waals surface area contributed by atoms with Crippen LogP contribution in [0.15, 0.2) is 65.5 Å². The number of nitrogens with zero attached hydrogens (tertiary/aromatic N) is 2. The van der Waals surface area contributed by atoms with Gasteiger partial charge in [-0.2, -0.15) is 0 Å². The third kappa shape index (κ3) is 3.65. The fourth-order valence-corrected chi connectivity index (χ4v) is 3.72. The van der Waals surface area contributed by atoms with Crippen molar-refractivity contribution in [1.82, 2.24) is 9.55 Å². The zero-order chi connectivity index (χ0) is 21.3. The summed E-state index contributed by atoms with van der Waals surface area (Å²) in [6.45, 7) is 0. The molecular formula is C23H16Cl2N2O3. The topological polar surface area (TPSA) is 64.3 Å². The van der Waals surface area contributed by atoms with Crippen LogP contribution in [0, 0.1) is 0 Å². The highest BCUT2D eigenvalue weighted by Gasteiger charge is 2.16. The lowest BCUT2D eigenvalue weighted by Crippen LogP contribution is -2.23. The van der Waals surface area contributed by atoms with Gasteiger partial charge in [-0.1, -0.05) is 53.5 Å². The zero-order valence-corrected chi connectivity index (χ0v) is 17.4. The van der Waals surface area contributed by atoms with Crippen molar-refractivity contribution in [1.29, 1.82) is 0 Å². The molecule has 0 unspecified atom stereocenters. The van der Waals surface area contributed by atoms with E-state index in [-0.39, 0.29) is 11.3 Å². The molecule has 5 nitrogen and oxygen atoms in total. The molecule has 0 aliphatic carbocycles. The zero-order valence-electron chi connectivity index (χ0n) is 15.8. The Balaban J connectivity index is 1.96. The lowest BCUT2D eigenvalue weighted by atomic mass is 10.1. The van der Waals surface area contributed by atoms with Gasteiger partial charge >= 0.3 is 0 Å². The van der Waals surface area contributed by atoms with E-state index in [1.165, 1.54) is 17.7 Å². The SMILES string of the molecule is COc1cc(C=Cc2nc3ccccc3c(=O)n2-c2c(Cl)cccc2Cl)ccc1O. The van der Waals surface area contributed by atoms with E-state index in [0.29, 0.717) is 38.2 Å². The summed E-state index contributed by atoms with van der Waals surface area (Å²) in [7, 11) is 1.48. The molecule has 0 radical (unpaired) electrons. The fraction of sp³-hybridized carbons (Fsp3) is 0.0435. The average Bonchev–Trinajstić information content (AvgIpc) is 2.74. The second-order valence-corrected chi connectivity index (χ2v) is 7.28. The Kier molecular flexibility index (Phi) is 5.48. The van der Waals surface area contributed by atoms with Gasteiger partial charge in [0.2, 0.25) is 0 Å². The Hall–Kier alpha value is -3.28. The number of ether oxygens (including phenoxy) is 1. The summed E-state index contributed by atoms with van der Waals surface area (Å²) >= 11 is 12.8. The van der Waals surface area contributed by atoms with E-state index in [4.69, 9.17) is 27.9 Å². The van der Waals surface area contributed by atoms with Crippen molar-refractivity contribution in [3.05, 3.63) is 92.5 Å². The van der Waals surface area contributed by atoms with Gasteiger partial charge in [0.1, 0.15) is 5.82 Å². The summed E-state index contributed by atoms with van der Waals surface area (Å²) < 4.78 is 6.55. The van der Waals surface area contributed by atoms with Gasteiger partial charge in [-0.05, 0) is 48.0 Å². The third-order valence-electron chi connectivity index (χ3n) is 4.59. The quantitative estimate of drug-likeness (QED) is 0.451. The van der Waals surface area contributed by atoms with Crippen molar-refractivity contribution >= 4 is 46.3 Å². The maximum absolute atomic E-state index is 13.3. The highest BCUT2D eigenvalue weighted by Crippen LogP contribution is 2.30. The van der Waals surface area contributed by atoms with Crippen LogP contribution in [0.5, 0.6) is 11.5 Å². The predicted molar refractivity (Wildman–Crippen MR) is 121 cm³/mol. The average molecular weight is 439 g/mol. The van der Waals surface area contributed by atoms with E-state index in [2.05, 4.69) is 4.98 Å². The maximum atomic E-state index is 13.3. The monoisotopic (exact) mass is 438 g/mol. The molecule has 0 aliphatic heterocycles. The van der Waals surface area contributed by atoms with E-state index < -0.39 is 0 Å². The number of aromatic hydroxyl groups is 1. The van der Waals surface area contributed by atoms with E-state index >= 15 is 0 Å². The number of halogens is 2. The van der Waals surface area contributed by atoms with Crippen LogP contribution >= 0.6 is 23.2 Å². The number of benzene rings is 3. The lowest BCUT2D eigenvalue weighted by molar-refractivity contribution is 0.373. The molecule has 1 heterocycles. The largest absolute Gasteiger partial charge is 0.504 e. The summed E-state index contributed by atoms with van der Waals surface area (Å²) in [5, 5.41) is 10.9. The van der Waals surface area contributed by atoms with Crippen LogP contribution in [-0.2, 0) is 0 Å². The van der Waals surface area contributed by atoms with Crippen molar-refractivity contribution in [2.45, 2.75) is 0 Å². The number of para-hydroxylation sites is 2. The first-order valence-corrected chi connectivity index (χ1v) is 9.76. The molecule has 4 rings (SSSR count). The molecule has 7 heteroatoms. The van der Waals surface area contributed by atoms with Crippen molar-refractivity contribution in [2.75, 3.05) is 7.11 Å². The van der Waals surface area contributed by atoms with Crippen LogP contribution in [-0.4, -0.2) is 21.8 Å². The summed E-state index contributed by atoms with van der Waals surface area (Å²) in [6, 6.07) is 17.1. The highest BCUT2D eigenvalue weighted by atomic mass is 35.5. The molecule has 1 N–H and O–H groups in total. The molecule has 150 valence electrons. The summed E-state index contributed by atoms with van der Waals surface area (Å²) in [6.07, 6.45) is 3.46. The minimum Gasteiger partial charge on any atom is -0.504 e. The Labute approximate surface area is 182 Å². The van der Waals surface area contributed by atoms with Crippen LogP contribution in [0.3, 0.4) is 0 Å². The van der Waals surface area contributed by atoms with Gasteiger partial charge in [0.15, 0.2) is 11.5 Å². The van der Waals surface area contributed by atoms with Gasteiger partial charge in [-0.3, -0.25) is 9.36 Å². The van der Waals surface area contributed by atoms with Gasteiger partial charge in [-0.15, -0.1) is 0 Å². The van der Waals surface area contributed by atoms with Crippen LogP contribution in [0.2, 0.25) is 10.0 Å². The van der Waals surface area contributed by atoms with Gasteiger partial charge in [0.25, 0.3) is 5.56 Å². The van der Waals surface area contributed by atoms with Crippen molar-refractivity contribution in [3.63, 3.8) is 0 Å². The number of fused-ring (bicyclic) bond motifs is 1. The molecule has 0 amide bonds. The number of hydrogen-bond acceptors (Lipinski definition) is 4. The molecule has 1 aromatic heterocycles. The molecule has 0 fully saturated rings. The standard InChI is InChI=1S/C23H16Cl2N2O3/c1-30-20-13-14(9-11-19(20)28)10-12-21-26-18-8-3-2-5-15(18)23(29)27(21)22-16(24)6-4-7-17(22)25/h2-13,28H,1H3. The van der Waals surface area contributed by atoms with Crippen molar-refractivity contribution < 1.29 is 9.84 Å². The van der Waals surface area contributed by atoms with E-state index in [1.54, 1.807) is 60.7 Å². The second kappa shape index (κ2) is 8.22. The minimum atomic E-state index is -0.279. The minimum absolute atomic E-state index is 0.0400. The smallest absolute Gasteiger partial charge is 0.266 e. The summed E-state index contributed by atoms with van der Waals surface area (Å²) in [5.41, 5.74) is 1.40. The highest BCUT2D eigenvalue weighted by molar-refractivity contribution is 6.37. The number of hydrogen-bond donors (Lipinski definition) is 1. The number of rotatable bonds is 4. The van der Waals surface area contributed by atoms with E-state index in [1.807, 2.05) is 6.07 Å². The number of phenolic OH excluding ortho intramolecular Hbond substituents is 1. The Bertz CT molecular complexity index is 1330. The predicted octanol–water partition coefficient (Wildman–Crippen LogP) is 5.58. The lowest BCUT2D eigenvalue weighted by Gasteiger charge is -2.14. The van der Waals surface area contributed by atoms with E-state index in [0.717, 1.165) is 5.56 Å². The Morgan fingerprint density at radius 3 is 2.47 bits per heavy atom. The molecule has 4 aromatic rings. The molecule has 0 saturated carbocycles. The second-order valence-electron chi connectivity index (χ2n) is 6.46. The number of methoxy groups -OCH3 is 1. The molecule has 0 saturated heterocycles. The number of phenols is 1. The molecule has 30 heavy (non-hydrogen) atoms. The first-order chi connectivity index (χ1) is 14.5. The Morgan fingerprint density at radius 2 is 1.73 bits per heavy atom. The van der Waals surface area contributed by atoms with Gasteiger partial charge < -0.3 is 9.84 Å². The first-order valence-electron chi connectivity index (χ1n) is 9.01. The van der Waals surface area contributed by atoms with Gasteiger partial charge in [0, 0.05) is 0 Å². The summed E-state index contributed by atoms with van der Waals surface area (Å²) in [4.78, 5) is 18.0. The van der Waals surface area contributed by atoms with Crippen LogP contribution in [0.4, 0.5) is 0 Å². The molecular weight excluding hydrogens is 423 g/mol. The third-order valence-corrected chi connectivity index (χ3v) is 5.20. The first kappa shape index (κ1) is 20.0. The normalized spacial score (nSPS) is 11.3. The molecule has 0 aliphatic rings. The van der Waals surface area contributed by atoms with Crippen molar-refractivity contribution in [2.24, 2.45) is 0 Å². The molecule has 0 bridgehead atoms.